The molecule has 0 spiro atoms. The molecule has 7 heteroatoms. The molecule has 0 radical (unpaired) electrons. The van der Waals surface area contributed by atoms with Crippen LogP contribution < -0.4 is 10.6 Å². The summed E-state index contributed by atoms with van der Waals surface area (Å²) in [6, 6.07) is 14.7. The van der Waals surface area contributed by atoms with Gasteiger partial charge in [-0.05, 0) is 35.1 Å². The van der Waals surface area contributed by atoms with E-state index in [0.717, 1.165) is 28.7 Å². The lowest BCUT2D eigenvalue weighted by Crippen LogP contribution is -2.42. The second-order valence-electron chi connectivity index (χ2n) is 7.25. The zero-order valence-electron chi connectivity index (χ0n) is 16.9. The maximum Gasteiger partial charge on any atom is 0.407 e. The summed E-state index contributed by atoms with van der Waals surface area (Å²) >= 11 is 0. The molecule has 7 nitrogen and oxygen atoms in total. The molecule has 3 rings (SSSR count). The number of carbonyl (C=O) groups is 3. The summed E-state index contributed by atoms with van der Waals surface area (Å²) in [5.74, 6) is -1.55. The molecule has 0 aromatic heterocycles. The predicted molar refractivity (Wildman–Crippen MR) is 112 cm³/mol. The smallest absolute Gasteiger partial charge is 0.407 e. The number of aliphatic carboxylic acids is 1. The van der Waals surface area contributed by atoms with Crippen LogP contribution in [0.15, 0.2) is 48.5 Å². The van der Waals surface area contributed by atoms with Crippen molar-refractivity contribution >= 4 is 18.0 Å². The largest absolute Gasteiger partial charge is 0.480 e. The van der Waals surface area contributed by atoms with Gasteiger partial charge in [-0.1, -0.05) is 55.5 Å². The number of carboxylic acid groups (broad SMARTS) is 1. The molecule has 30 heavy (non-hydrogen) atoms. The van der Waals surface area contributed by atoms with Crippen LogP contribution in [-0.4, -0.2) is 42.3 Å². The van der Waals surface area contributed by atoms with Crippen molar-refractivity contribution in [3.63, 3.8) is 0 Å². The van der Waals surface area contributed by atoms with Crippen molar-refractivity contribution in [2.24, 2.45) is 0 Å². The van der Waals surface area contributed by atoms with Crippen LogP contribution >= 0.6 is 0 Å². The van der Waals surface area contributed by atoms with Crippen molar-refractivity contribution in [3.05, 3.63) is 59.7 Å². The molecule has 0 aliphatic heterocycles. The number of nitrogens with one attached hydrogen (secondary N) is 2. The second-order valence-corrected chi connectivity index (χ2v) is 7.25. The van der Waals surface area contributed by atoms with Gasteiger partial charge in [0.05, 0.1) is 0 Å². The number of ether oxygens (including phenoxy) is 1. The Balaban J connectivity index is 1.58. The Bertz CT molecular complexity index is 882. The van der Waals surface area contributed by atoms with Crippen molar-refractivity contribution in [3.8, 4) is 11.1 Å². The average Bonchev–Trinajstić information content (AvgIpc) is 3.07. The zero-order valence-corrected chi connectivity index (χ0v) is 16.9. The highest BCUT2D eigenvalue weighted by molar-refractivity contribution is 5.82. The minimum absolute atomic E-state index is 0.00488. The van der Waals surface area contributed by atoms with Gasteiger partial charge < -0.3 is 20.5 Å². The third-order valence-electron chi connectivity index (χ3n) is 5.17. The van der Waals surface area contributed by atoms with Gasteiger partial charge in [-0.15, -0.1) is 0 Å². The van der Waals surface area contributed by atoms with Crippen molar-refractivity contribution in [2.75, 3.05) is 13.2 Å². The van der Waals surface area contributed by atoms with E-state index >= 15 is 0 Å². The van der Waals surface area contributed by atoms with E-state index in [2.05, 4.69) is 10.6 Å². The molecule has 0 saturated carbocycles. The summed E-state index contributed by atoms with van der Waals surface area (Å²) in [4.78, 5) is 35.4. The molecule has 1 atom stereocenters. The van der Waals surface area contributed by atoms with Gasteiger partial charge in [-0.25, -0.2) is 9.59 Å². The standard InChI is InChI=1S/C23H26N2O5/c1-2-13-24-21(26)12-11-20(22(27)28)25-23(29)30-14-19-17-9-5-3-7-15(17)16-8-4-6-10-18(16)19/h3-10,19-20H,2,11-14H2,1H3,(H,24,26)(H,25,29)(H,27,28)/t20-/m0/s1. The summed E-state index contributed by atoms with van der Waals surface area (Å²) in [6.07, 6.45) is 0.000143. The van der Waals surface area contributed by atoms with Crippen LogP contribution in [0.25, 0.3) is 11.1 Å². The molecule has 158 valence electrons. The Labute approximate surface area is 175 Å². The number of alkyl carbamates (subject to hydrolysis) is 1. The van der Waals surface area contributed by atoms with E-state index < -0.39 is 18.1 Å². The third kappa shape index (κ3) is 4.97. The number of rotatable bonds is 9. The molecule has 1 aliphatic carbocycles. The maximum atomic E-state index is 12.3. The molecule has 0 heterocycles. The second kappa shape index (κ2) is 9.91. The molecule has 0 saturated heterocycles. The summed E-state index contributed by atoms with van der Waals surface area (Å²) in [6.45, 7) is 2.57. The van der Waals surface area contributed by atoms with Gasteiger partial charge in [0.15, 0.2) is 0 Å². The van der Waals surface area contributed by atoms with Crippen molar-refractivity contribution in [1.29, 1.82) is 0 Å². The van der Waals surface area contributed by atoms with E-state index in [9.17, 15) is 19.5 Å². The Kier molecular flexibility index (Phi) is 7.06. The molecule has 2 amide bonds. The summed E-state index contributed by atoms with van der Waals surface area (Å²) in [5, 5.41) is 14.4. The summed E-state index contributed by atoms with van der Waals surface area (Å²) in [7, 11) is 0. The zero-order chi connectivity index (χ0) is 21.5. The first-order valence-electron chi connectivity index (χ1n) is 10.1. The highest BCUT2D eigenvalue weighted by Crippen LogP contribution is 2.44. The van der Waals surface area contributed by atoms with E-state index in [0.29, 0.717) is 6.54 Å². The predicted octanol–water partition coefficient (Wildman–Crippen LogP) is 3.28. The molecule has 2 aromatic carbocycles. The fraction of sp³-hybridized carbons (Fsp3) is 0.348. The number of hydrogen-bond donors (Lipinski definition) is 3. The van der Waals surface area contributed by atoms with E-state index in [1.807, 2.05) is 55.5 Å². The van der Waals surface area contributed by atoms with Crippen molar-refractivity contribution < 1.29 is 24.2 Å². The van der Waals surface area contributed by atoms with Crippen LogP contribution in [0, 0.1) is 0 Å². The Morgan fingerprint density at radius 1 is 1.03 bits per heavy atom. The van der Waals surface area contributed by atoms with E-state index in [4.69, 9.17) is 4.74 Å². The van der Waals surface area contributed by atoms with Gasteiger partial charge in [0, 0.05) is 18.9 Å². The van der Waals surface area contributed by atoms with Crippen LogP contribution in [0.2, 0.25) is 0 Å². The summed E-state index contributed by atoms with van der Waals surface area (Å²) < 4.78 is 5.38. The minimum atomic E-state index is -1.20. The summed E-state index contributed by atoms with van der Waals surface area (Å²) in [5.41, 5.74) is 4.38. The fourth-order valence-electron chi connectivity index (χ4n) is 3.67. The van der Waals surface area contributed by atoms with Gasteiger partial charge >= 0.3 is 12.1 Å². The fourth-order valence-corrected chi connectivity index (χ4v) is 3.67. The molecule has 2 aromatic rings. The van der Waals surface area contributed by atoms with E-state index in [1.165, 1.54) is 0 Å². The van der Waals surface area contributed by atoms with E-state index in [-0.39, 0.29) is 31.3 Å². The highest BCUT2D eigenvalue weighted by atomic mass is 16.5. The van der Waals surface area contributed by atoms with Crippen LogP contribution in [0.5, 0.6) is 0 Å². The van der Waals surface area contributed by atoms with Gasteiger partial charge in [0.2, 0.25) is 5.91 Å². The number of benzene rings is 2. The number of carboxylic acids is 1. The van der Waals surface area contributed by atoms with Gasteiger partial charge in [-0.3, -0.25) is 4.79 Å². The molecule has 0 unspecified atom stereocenters. The molecule has 0 bridgehead atoms. The number of amides is 2. The Morgan fingerprint density at radius 3 is 2.20 bits per heavy atom. The normalized spacial score (nSPS) is 13.1. The molecule has 3 N–H and O–H groups in total. The van der Waals surface area contributed by atoms with E-state index in [1.54, 1.807) is 0 Å². The SMILES string of the molecule is CCCNC(=O)CC[C@H](NC(=O)OCC1c2ccccc2-c2ccccc21)C(=O)O. The number of fused-ring (bicyclic) bond motifs is 3. The monoisotopic (exact) mass is 410 g/mol. The lowest BCUT2D eigenvalue weighted by molar-refractivity contribution is -0.139. The third-order valence-corrected chi connectivity index (χ3v) is 5.17. The first-order chi connectivity index (χ1) is 14.5. The quantitative estimate of drug-likeness (QED) is 0.588. The van der Waals surface area contributed by atoms with Crippen molar-refractivity contribution in [1.82, 2.24) is 10.6 Å². The van der Waals surface area contributed by atoms with Crippen LogP contribution in [0.4, 0.5) is 4.79 Å². The average molecular weight is 410 g/mol. The first kappa shape index (κ1) is 21.4. The Hall–Kier alpha value is -3.35. The first-order valence-corrected chi connectivity index (χ1v) is 10.1. The van der Waals surface area contributed by atoms with Crippen LogP contribution in [0.3, 0.4) is 0 Å². The van der Waals surface area contributed by atoms with Gasteiger partial charge in [-0.2, -0.15) is 0 Å². The lowest BCUT2D eigenvalue weighted by Gasteiger charge is -2.17. The molecule has 1 aliphatic rings. The maximum absolute atomic E-state index is 12.3. The molecular formula is C23H26N2O5. The number of hydrogen-bond acceptors (Lipinski definition) is 4. The highest BCUT2D eigenvalue weighted by Gasteiger charge is 2.29. The van der Waals surface area contributed by atoms with Crippen LogP contribution in [0.1, 0.15) is 43.2 Å². The number of carbonyl (C=O) groups excluding carboxylic acids is 2. The molecular weight excluding hydrogens is 384 g/mol. The molecule has 0 fully saturated rings. The minimum Gasteiger partial charge on any atom is -0.480 e. The lowest BCUT2D eigenvalue weighted by atomic mass is 9.98. The van der Waals surface area contributed by atoms with Crippen LogP contribution in [-0.2, 0) is 14.3 Å². The van der Waals surface area contributed by atoms with Gasteiger partial charge in [0.25, 0.3) is 0 Å². The van der Waals surface area contributed by atoms with Gasteiger partial charge in [0.1, 0.15) is 12.6 Å². The Morgan fingerprint density at radius 2 is 1.63 bits per heavy atom. The topological polar surface area (TPSA) is 105 Å². The van der Waals surface area contributed by atoms with Crippen molar-refractivity contribution in [2.45, 2.75) is 38.1 Å².